The van der Waals surface area contributed by atoms with Crippen LogP contribution < -0.4 is 10.6 Å². The lowest BCUT2D eigenvalue weighted by molar-refractivity contribution is 0.251. The molecule has 0 bridgehead atoms. The van der Waals surface area contributed by atoms with Gasteiger partial charge in [0.05, 0.1) is 0 Å². The molecule has 1 aromatic carbocycles. The summed E-state index contributed by atoms with van der Waals surface area (Å²) in [7, 11) is 3.99. The van der Waals surface area contributed by atoms with Gasteiger partial charge in [-0.3, -0.25) is 0 Å². The second-order valence-corrected chi connectivity index (χ2v) is 5.07. The highest BCUT2D eigenvalue weighted by Crippen LogP contribution is 2.22. The third-order valence-electron chi connectivity index (χ3n) is 2.19. The van der Waals surface area contributed by atoms with Crippen molar-refractivity contribution in [3.8, 4) is 0 Å². The minimum absolute atomic E-state index is 0.257. The van der Waals surface area contributed by atoms with E-state index in [1.807, 2.05) is 14.1 Å². The van der Waals surface area contributed by atoms with Crippen LogP contribution in [-0.2, 0) is 0 Å². The number of nitrogens with zero attached hydrogens (tertiary/aromatic N) is 1. The van der Waals surface area contributed by atoms with Crippen molar-refractivity contribution in [2.45, 2.75) is 6.42 Å². The summed E-state index contributed by atoms with van der Waals surface area (Å²) in [5.74, 6) is 0. The molecule has 0 aliphatic carbocycles. The molecule has 0 saturated carbocycles. The number of nitrogens with one attached hydrogen (secondary N) is 2. The van der Waals surface area contributed by atoms with Gasteiger partial charge in [-0.05, 0) is 45.3 Å². The number of anilines is 1. The van der Waals surface area contributed by atoms with Crippen LogP contribution in [0, 0.1) is 0 Å². The number of halogens is 2. The summed E-state index contributed by atoms with van der Waals surface area (Å²) in [4.78, 5) is 13.6. The molecule has 0 heterocycles. The Morgan fingerprint density at radius 3 is 2.39 bits per heavy atom. The highest BCUT2D eigenvalue weighted by molar-refractivity contribution is 6.35. The summed E-state index contributed by atoms with van der Waals surface area (Å²) in [6.45, 7) is 1.56. The Hall–Kier alpha value is -0.970. The van der Waals surface area contributed by atoms with Gasteiger partial charge in [-0.1, -0.05) is 23.2 Å². The molecule has 0 spiro atoms. The molecule has 1 rings (SSSR count). The number of amides is 2. The first-order chi connectivity index (χ1) is 8.47. The van der Waals surface area contributed by atoms with Gasteiger partial charge < -0.3 is 15.5 Å². The Bertz CT molecular complexity index is 390. The number of carbonyl (C=O) groups excluding carboxylic acids is 1. The highest BCUT2D eigenvalue weighted by Gasteiger charge is 2.03. The fourth-order valence-electron chi connectivity index (χ4n) is 1.40. The first kappa shape index (κ1) is 15.1. The molecule has 0 aliphatic rings. The number of carbonyl (C=O) groups is 1. The van der Waals surface area contributed by atoms with E-state index >= 15 is 0 Å². The third kappa shape index (κ3) is 6.10. The van der Waals surface area contributed by atoms with Gasteiger partial charge in [0.15, 0.2) is 0 Å². The Labute approximate surface area is 117 Å². The fourth-order valence-corrected chi connectivity index (χ4v) is 1.92. The number of hydrogen-bond donors (Lipinski definition) is 2. The smallest absolute Gasteiger partial charge is 0.319 e. The first-order valence-corrected chi connectivity index (χ1v) is 6.38. The third-order valence-corrected chi connectivity index (χ3v) is 2.62. The summed E-state index contributed by atoms with van der Waals surface area (Å²) in [5, 5.41) is 6.42. The molecule has 0 fully saturated rings. The molecule has 6 heteroatoms. The van der Waals surface area contributed by atoms with E-state index < -0.39 is 0 Å². The maximum absolute atomic E-state index is 11.6. The largest absolute Gasteiger partial charge is 0.338 e. The van der Waals surface area contributed by atoms with Crippen LogP contribution in [0.2, 0.25) is 10.0 Å². The van der Waals surface area contributed by atoms with Gasteiger partial charge in [-0.25, -0.2) is 4.79 Å². The van der Waals surface area contributed by atoms with Crippen molar-refractivity contribution in [1.29, 1.82) is 0 Å². The van der Waals surface area contributed by atoms with Crippen molar-refractivity contribution in [3.63, 3.8) is 0 Å². The zero-order valence-electron chi connectivity index (χ0n) is 10.5. The average molecular weight is 290 g/mol. The summed E-state index contributed by atoms with van der Waals surface area (Å²) in [6, 6.07) is 4.65. The minimum atomic E-state index is -0.257. The number of rotatable bonds is 5. The van der Waals surface area contributed by atoms with Gasteiger partial charge in [0, 0.05) is 22.3 Å². The monoisotopic (exact) mass is 289 g/mol. The van der Waals surface area contributed by atoms with Crippen molar-refractivity contribution in [3.05, 3.63) is 28.2 Å². The summed E-state index contributed by atoms with van der Waals surface area (Å²) >= 11 is 11.7. The van der Waals surface area contributed by atoms with E-state index in [-0.39, 0.29) is 6.03 Å². The molecule has 0 unspecified atom stereocenters. The van der Waals surface area contributed by atoms with Crippen LogP contribution in [0.25, 0.3) is 0 Å². The molecule has 18 heavy (non-hydrogen) atoms. The topological polar surface area (TPSA) is 44.4 Å². The van der Waals surface area contributed by atoms with Crippen molar-refractivity contribution in [2.75, 3.05) is 32.5 Å². The lowest BCUT2D eigenvalue weighted by Gasteiger charge is -2.11. The predicted octanol–water partition coefficient (Wildman–Crippen LogP) is 3.07. The molecule has 2 amide bonds. The summed E-state index contributed by atoms with van der Waals surface area (Å²) in [6.07, 6.45) is 0.900. The lowest BCUT2D eigenvalue weighted by atomic mass is 10.3. The van der Waals surface area contributed by atoms with Crippen molar-refractivity contribution in [1.82, 2.24) is 10.2 Å². The Balaban J connectivity index is 2.35. The molecule has 0 atom stereocenters. The number of urea groups is 1. The molecule has 100 valence electrons. The Morgan fingerprint density at radius 1 is 1.22 bits per heavy atom. The van der Waals surface area contributed by atoms with Gasteiger partial charge in [-0.15, -0.1) is 0 Å². The second kappa shape index (κ2) is 7.46. The molecule has 0 aliphatic heterocycles. The molecule has 0 aromatic heterocycles. The summed E-state index contributed by atoms with van der Waals surface area (Å²) < 4.78 is 0. The SMILES string of the molecule is CN(C)CCCNC(=O)Nc1cc(Cl)cc(Cl)c1. The van der Waals surface area contributed by atoms with E-state index in [2.05, 4.69) is 15.5 Å². The highest BCUT2D eigenvalue weighted by atomic mass is 35.5. The molecular formula is C12H17Cl2N3O. The van der Waals surface area contributed by atoms with Crippen LogP contribution in [0.1, 0.15) is 6.42 Å². The van der Waals surface area contributed by atoms with Gasteiger partial charge in [-0.2, -0.15) is 0 Å². The van der Waals surface area contributed by atoms with Crippen molar-refractivity contribution >= 4 is 34.9 Å². The average Bonchev–Trinajstić information content (AvgIpc) is 2.22. The van der Waals surface area contributed by atoms with E-state index in [1.165, 1.54) is 0 Å². The Kier molecular flexibility index (Phi) is 6.25. The van der Waals surface area contributed by atoms with Crippen LogP contribution in [0.5, 0.6) is 0 Å². The number of benzene rings is 1. The van der Waals surface area contributed by atoms with Gasteiger partial charge in [0.1, 0.15) is 0 Å². The van der Waals surface area contributed by atoms with Gasteiger partial charge >= 0.3 is 6.03 Å². The Morgan fingerprint density at radius 2 is 1.83 bits per heavy atom. The summed E-state index contributed by atoms with van der Waals surface area (Å²) in [5.41, 5.74) is 0.581. The van der Waals surface area contributed by atoms with Crippen molar-refractivity contribution in [2.24, 2.45) is 0 Å². The molecule has 4 nitrogen and oxygen atoms in total. The van der Waals surface area contributed by atoms with E-state index in [4.69, 9.17) is 23.2 Å². The van der Waals surface area contributed by atoms with E-state index in [0.29, 0.717) is 22.3 Å². The quantitative estimate of drug-likeness (QED) is 0.819. The number of hydrogen-bond acceptors (Lipinski definition) is 2. The van der Waals surface area contributed by atoms with Crippen LogP contribution >= 0.6 is 23.2 Å². The van der Waals surface area contributed by atoms with E-state index in [9.17, 15) is 4.79 Å². The minimum Gasteiger partial charge on any atom is -0.338 e. The standard InChI is InChI=1S/C12H17Cl2N3O/c1-17(2)5-3-4-15-12(18)16-11-7-9(13)6-10(14)8-11/h6-8H,3-5H2,1-2H3,(H2,15,16,18). The van der Waals surface area contributed by atoms with Crippen LogP contribution in [-0.4, -0.2) is 38.1 Å². The van der Waals surface area contributed by atoms with Gasteiger partial charge in [0.25, 0.3) is 0 Å². The zero-order valence-corrected chi connectivity index (χ0v) is 12.0. The normalized spacial score (nSPS) is 10.5. The fraction of sp³-hybridized carbons (Fsp3) is 0.417. The molecule has 2 N–H and O–H groups in total. The second-order valence-electron chi connectivity index (χ2n) is 4.20. The first-order valence-electron chi connectivity index (χ1n) is 5.63. The van der Waals surface area contributed by atoms with Gasteiger partial charge in [0.2, 0.25) is 0 Å². The van der Waals surface area contributed by atoms with E-state index in [0.717, 1.165) is 13.0 Å². The maximum atomic E-state index is 11.6. The molecular weight excluding hydrogens is 273 g/mol. The maximum Gasteiger partial charge on any atom is 0.319 e. The zero-order chi connectivity index (χ0) is 13.5. The molecule has 1 aromatic rings. The van der Waals surface area contributed by atoms with E-state index in [1.54, 1.807) is 18.2 Å². The van der Waals surface area contributed by atoms with Crippen LogP contribution in [0.3, 0.4) is 0 Å². The molecule has 0 radical (unpaired) electrons. The predicted molar refractivity (Wildman–Crippen MR) is 76.7 cm³/mol. The lowest BCUT2D eigenvalue weighted by Crippen LogP contribution is -2.31. The molecule has 0 saturated heterocycles. The van der Waals surface area contributed by atoms with Crippen molar-refractivity contribution < 1.29 is 4.79 Å². The van der Waals surface area contributed by atoms with Crippen LogP contribution in [0.15, 0.2) is 18.2 Å². The van der Waals surface area contributed by atoms with Crippen LogP contribution in [0.4, 0.5) is 10.5 Å².